The van der Waals surface area contributed by atoms with Gasteiger partial charge in [-0.1, -0.05) is 64.5 Å². The molecular weight excluding hydrogens is 319 g/mol. The second-order valence-corrected chi connectivity index (χ2v) is 9.96. The highest BCUT2D eigenvalue weighted by atomic mass is 31.2. The van der Waals surface area contributed by atoms with E-state index in [0.717, 1.165) is 37.0 Å². The van der Waals surface area contributed by atoms with Gasteiger partial charge in [0.1, 0.15) is 18.7 Å². The van der Waals surface area contributed by atoms with Crippen molar-refractivity contribution in [2.75, 3.05) is 19.4 Å². The predicted octanol–water partition coefficient (Wildman–Crippen LogP) is 6.21. The summed E-state index contributed by atoms with van der Waals surface area (Å²) < 4.78 is 18.7. The first kappa shape index (κ1) is 21.3. The minimum atomic E-state index is -2.62. The van der Waals surface area contributed by atoms with Crippen LogP contribution >= 0.6 is 7.14 Å². The molecule has 138 valence electrons. The Bertz CT molecular complexity index is 468. The fraction of sp³-hybridized carbons (Fsp3) is 0.700. The zero-order valence-corrected chi connectivity index (χ0v) is 16.6. The van der Waals surface area contributed by atoms with E-state index in [1.54, 1.807) is 7.11 Å². The molecule has 1 aromatic carbocycles. The fourth-order valence-corrected chi connectivity index (χ4v) is 5.96. The molecule has 4 heteroatoms. The van der Waals surface area contributed by atoms with Gasteiger partial charge in [-0.15, -0.1) is 0 Å². The summed E-state index contributed by atoms with van der Waals surface area (Å²) >= 11 is 0. The fourth-order valence-electron chi connectivity index (χ4n) is 3.02. The highest BCUT2D eigenvalue weighted by molar-refractivity contribution is 7.64. The van der Waals surface area contributed by atoms with Crippen LogP contribution < -0.4 is 4.74 Å². The maximum Gasteiger partial charge on any atom is 0.132 e. The second kappa shape index (κ2) is 11.7. The molecule has 1 rings (SSSR count). The van der Waals surface area contributed by atoms with Crippen molar-refractivity contribution in [1.29, 1.82) is 0 Å². The molecule has 0 aromatic heterocycles. The highest BCUT2D eigenvalue weighted by Crippen LogP contribution is 2.59. The molecule has 0 spiro atoms. The maximum absolute atomic E-state index is 13.5. The van der Waals surface area contributed by atoms with Gasteiger partial charge < -0.3 is 14.4 Å². The number of hydrogen-bond donors (Lipinski definition) is 1. The molecule has 0 heterocycles. The van der Waals surface area contributed by atoms with E-state index < -0.39 is 13.0 Å². The second-order valence-electron chi connectivity index (χ2n) is 6.67. The summed E-state index contributed by atoms with van der Waals surface area (Å²) in [6, 6.07) is 7.34. The maximum atomic E-state index is 13.5. The monoisotopic (exact) mass is 354 g/mol. The standard InChI is InChI=1S/C20H35O3P/c1-4-6-8-10-16-24(22,17-11-9-7-5-2)20(21)18-12-14-19(23-3)15-13-18/h12-15,20-21H,4-11,16-17H2,1-3H3. The van der Waals surface area contributed by atoms with Gasteiger partial charge >= 0.3 is 0 Å². The third kappa shape index (κ3) is 6.99. The van der Waals surface area contributed by atoms with Crippen molar-refractivity contribution in [3.8, 4) is 5.75 Å². The number of hydrogen-bond acceptors (Lipinski definition) is 3. The third-order valence-electron chi connectivity index (χ3n) is 4.64. The number of methoxy groups -OCH3 is 1. The van der Waals surface area contributed by atoms with E-state index in [4.69, 9.17) is 4.74 Å². The Kier molecular flexibility index (Phi) is 10.4. The molecule has 24 heavy (non-hydrogen) atoms. The van der Waals surface area contributed by atoms with E-state index in [0.29, 0.717) is 12.3 Å². The van der Waals surface area contributed by atoms with Gasteiger partial charge in [0.2, 0.25) is 0 Å². The smallest absolute Gasteiger partial charge is 0.132 e. The lowest BCUT2D eigenvalue weighted by atomic mass is 10.2. The van der Waals surface area contributed by atoms with Gasteiger partial charge in [0, 0.05) is 12.3 Å². The van der Waals surface area contributed by atoms with E-state index in [2.05, 4.69) is 13.8 Å². The van der Waals surface area contributed by atoms with Crippen molar-refractivity contribution in [2.45, 2.75) is 71.1 Å². The summed E-state index contributed by atoms with van der Waals surface area (Å²) in [4.78, 5) is 0. The molecule has 1 aromatic rings. The van der Waals surface area contributed by atoms with Gasteiger partial charge in [0.05, 0.1) is 7.11 Å². The Labute approximate surface area is 148 Å². The van der Waals surface area contributed by atoms with E-state index in [1.165, 1.54) is 25.7 Å². The number of aliphatic hydroxyl groups excluding tert-OH is 1. The van der Waals surface area contributed by atoms with Gasteiger partial charge in [0.15, 0.2) is 0 Å². The van der Waals surface area contributed by atoms with E-state index in [9.17, 15) is 9.67 Å². The summed E-state index contributed by atoms with van der Waals surface area (Å²) in [5.74, 6) is -0.0849. The molecule has 0 aliphatic heterocycles. The molecule has 3 nitrogen and oxygen atoms in total. The average molecular weight is 354 g/mol. The summed E-state index contributed by atoms with van der Waals surface area (Å²) in [6.45, 7) is 4.35. The molecule has 0 radical (unpaired) electrons. The van der Waals surface area contributed by atoms with Crippen molar-refractivity contribution in [2.24, 2.45) is 0 Å². The number of benzene rings is 1. The zero-order chi connectivity index (χ0) is 17.8. The normalized spacial score (nSPS) is 13.0. The molecule has 1 N–H and O–H groups in total. The lowest BCUT2D eigenvalue weighted by Crippen LogP contribution is -2.07. The van der Waals surface area contributed by atoms with Gasteiger partial charge in [-0.3, -0.25) is 0 Å². The Morgan fingerprint density at radius 1 is 0.917 bits per heavy atom. The number of unbranched alkanes of at least 4 members (excludes halogenated alkanes) is 6. The van der Waals surface area contributed by atoms with Crippen molar-refractivity contribution in [1.82, 2.24) is 0 Å². The molecule has 0 saturated carbocycles. The lowest BCUT2D eigenvalue weighted by Gasteiger charge is -2.25. The zero-order valence-electron chi connectivity index (χ0n) is 15.7. The molecule has 0 aliphatic carbocycles. The first-order valence-electron chi connectivity index (χ1n) is 9.47. The molecule has 0 saturated heterocycles. The third-order valence-corrected chi connectivity index (χ3v) is 7.98. The summed E-state index contributed by atoms with van der Waals surface area (Å²) in [5.41, 5.74) is 0.755. The minimum Gasteiger partial charge on any atom is -0.497 e. The largest absolute Gasteiger partial charge is 0.497 e. The van der Waals surface area contributed by atoms with Crippen LogP contribution in [-0.2, 0) is 4.57 Å². The summed E-state index contributed by atoms with van der Waals surface area (Å²) in [6.07, 6.45) is 10.1. The van der Waals surface area contributed by atoms with Crippen LogP contribution in [0.5, 0.6) is 5.75 Å². The van der Waals surface area contributed by atoms with Crippen LogP contribution in [0.3, 0.4) is 0 Å². The topological polar surface area (TPSA) is 46.5 Å². The summed E-state index contributed by atoms with van der Waals surface area (Å²) in [7, 11) is -0.999. The highest BCUT2D eigenvalue weighted by Gasteiger charge is 2.31. The predicted molar refractivity (Wildman–Crippen MR) is 104 cm³/mol. The van der Waals surface area contributed by atoms with Gasteiger partial charge in [-0.25, -0.2) is 0 Å². The van der Waals surface area contributed by atoms with Crippen molar-refractivity contribution >= 4 is 7.14 Å². The molecule has 1 unspecified atom stereocenters. The minimum absolute atomic E-state index is 0.659. The number of aliphatic hydroxyl groups is 1. The van der Waals surface area contributed by atoms with E-state index >= 15 is 0 Å². The van der Waals surface area contributed by atoms with Crippen LogP contribution in [-0.4, -0.2) is 24.5 Å². The van der Waals surface area contributed by atoms with Crippen LogP contribution in [0.15, 0.2) is 24.3 Å². The van der Waals surface area contributed by atoms with Crippen molar-refractivity contribution < 1.29 is 14.4 Å². The van der Waals surface area contributed by atoms with Crippen molar-refractivity contribution in [3.05, 3.63) is 29.8 Å². The molecular formula is C20H35O3P. The number of ether oxygens (including phenoxy) is 1. The molecule has 0 bridgehead atoms. The summed E-state index contributed by atoms with van der Waals surface area (Å²) in [5, 5.41) is 10.8. The van der Waals surface area contributed by atoms with Gasteiger partial charge in [0.25, 0.3) is 0 Å². The van der Waals surface area contributed by atoms with Crippen LogP contribution in [0.2, 0.25) is 0 Å². The average Bonchev–Trinajstić information content (AvgIpc) is 2.62. The van der Waals surface area contributed by atoms with Crippen LogP contribution in [0.4, 0.5) is 0 Å². The van der Waals surface area contributed by atoms with E-state index in [1.807, 2.05) is 24.3 Å². The quantitative estimate of drug-likeness (QED) is 0.338. The van der Waals surface area contributed by atoms with Gasteiger partial charge in [-0.2, -0.15) is 0 Å². The van der Waals surface area contributed by atoms with Crippen LogP contribution in [0, 0.1) is 0 Å². The molecule has 0 amide bonds. The Balaban J connectivity index is 2.77. The van der Waals surface area contributed by atoms with E-state index in [-0.39, 0.29) is 0 Å². The molecule has 1 atom stereocenters. The van der Waals surface area contributed by atoms with Gasteiger partial charge in [-0.05, 0) is 30.5 Å². The number of rotatable bonds is 13. The lowest BCUT2D eigenvalue weighted by molar-refractivity contribution is 0.252. The van der Waals surface area contributed by atoms with Crippen molar-refractivity contribution in [3.63, 3.8) is 0 Å². The Morgan fingerprint density at radius 3 is 1.83 bits per heavy atom. The molecule has 0 fully saturated rings. The first-order chi connectivity index (χ1) is 11.6. The Hall–Kier alpha value is -0.790. The Morgan fingerprint density at radius 2 is 1.42 bits per heavy atom. The first-order valence-corrected chi connectivity index (χ1v) is 11.6. The molecule has 0 aliphatic rings. The van der Waals surface area contributed by atoms with Crippen LogP contribution in [0.1, 0.15) is 76.6 Å². The van der Waals surface area contributed by atoms with Crippen LogP contribution in [0.25, 0.3) is 0 Å². The SMILES string of the molecule is CCCCCCP(=O)(CCCCCC)C(O)c1ccc(OC)cc1.